The van der Waals surface area contributed by atoms with Gasteiger partial charge in [0.25, 0.3) is 6.43 Å². The van der Waals surface area contributed by atoms with Crippen molar-refractivity contribution in [1.82, 2.24) is 24.4 Å². The number of fused-ring (bicyclic) bond motifs is 1. The molecule has 3 aromatic rings. The van der Waals surface area contributed by atoms with Gasteiger partial charge in [-0.1, -0.05) is 6.92 Å². The maximum Gasteiger partial charge on any atom is 0.282 e. The molecule has 2 atom stereocenters. The van der Waals surface area contributed by atoms with Crippen molar-refractivity contribution in [1.29, 1.82) is 5.26 Å². The molecule has 0 spiro atoms. The predicted molar refractivity (Wildman–Crippen MR) is 110 cm³/mol. The van der Waals surface area contributed by atoms with Crippen LogP contribution in [0.3, 0.4) is 0 Å². The van der Waals surface area contributed by atoms with Crippen molar-refractivity contribution in [2.75, 3.05) is 24.2 Å². The number of rotatable bonds is 8. The lowest BCUT2D eigenvalue weighted by atomic mass is 9.80. The third-order valence-electron chi connectivity index (χ3n) is 5.89. The van der Waals surface area contributed by atoms with Gasteiger partial charge in [0.2, 0.25) is 0 Å². The molecular formula is C20H24F2N8O. The van der Waals surface area contributed by atoms with Gasteiger partial charge in [-0.05, 0) is 25.3 Å². The molecule has 0 aliphatic heterocycles. The van der Waals surface area contributed by atoms with Gasteiger partial charge < -0.3 is 16.2 Å². The average molecular weight is 430 g/mol. The molecule has 4 N–H and O–H groups in total. The van der Waals surface area contributed by atoms with Crippen LogP contribution in [-0.4, -0.2) is 42.6 Å². The standard InChI is InChI=1S/C20H24F2N8O/c1-2-13-16(17(21)22)28-30-18(24)14(9-23)19(26-20(13)30)25-7-5-12-6-8-29(27-12)15-4-3-11(15)10-31/h6,8,11,15,17,31H,2-5,7,10,24H2,1H3,(H,25,26). The van der Waals surface area contributed by atoms with Crippen LogP contribution in [0.1, 0.15) is 54.7 Å². The Bertz CT molecular complexity index is 1130. The molecule has 1 aliphatic rings. The molecule has 0 saturated heterocycles. The molecule has 2 unspecified atom stereocenters. The van der Waals surface area contributed by atoms with E-state index in [9.17, 15) is 19.1 Å². The molecular weight excluding hydrogens is 406 g/mol. The van der Waals surface area contributed by atoms with Gasteiger partial charge in [0.15, 0.2) is 5.65 Å². The zero-order chi connectivity index (χ0) is 22.1. The van der Waals surface area contributed by atoms with Gasteiger partial charge >= 0.3 is 0 Å². The number of nitrogens with zero attached hydrogens (tertiary/aromatic N) is 6. The van der Waals surface area contributed by atoms with Gasteiger partial charge in [-0.15, -0.1) is 0 Å². The van der Waals surface area contributed by atoms with Crippen LogP contribution in [0.15, 0.2) is 12.3 Å². The smallest absolute Gasteiger partial charge is 0.282 e. The summed E-state index contributed by atoms with van der Waals surface area (Å²) in [6, 6.07) is 4.14. The van der Waals surface area contributed by atoms with E-state index < -0.39 is 6.43 Å². The van der Waals surface area contributed by atoms with Crippen molar-refractivity contribution in [3.63, 3.8) is 0 Å². The minimum Gasteiger partial charge on any atom is -0.396 e. The highest BCUT2D eigenvalue weighted by molar-refractivity contribution is 5.69. The fourth-order valence-corrected chi connectivity index (χ4v) is 4.00. The van der Waals surface area contributed by atoms with E-state index in [0.717, 1.165) is 23.1 Å². The molecule has 31 heavy (non-hydrogen) atoms. The molecule has 3 heterocycles. The monoisotopic (exact) mass is 430 g/mol. The summed E-state index contributed by atoms with van der Waals surface area (Å²) in [6.07, 6.45) is 2.06. The predicted octanol–water partition coefficient (Wildman–Crippen LogP) is 2.48. The minimum absolute atomic E-state index is 0.0269. The number of aliphatic hydroxyl groups excluding tert-OH is 1. The zero-order valence-electron chi connectivity index (χ0n) is 17.1. The van der Waals surface area contributed by atoms with E-state index in [1.165, 1.54) is 0 Å². The number of nitrogens with one attached hydrogen (secondary N) is 1. The SMILES string of the molecule is CCc1c(C(F)F)nn2c(N)c(C#N)c(NCCc3ccn(C4CCC4CO)n3)nc12. The summed E-state index contributed by atoms with van der Waals surface area (Å²) < 4.78 is 29.7. The lowest BCUT2D eigenvalue weighted by molar-refractivity contribution is 0.0892. The van der Waals surface area contributed by atoms with Crippen LogP contribution in [-0.2, 0) is 12.8 Å². The van der Waals surface area contributed by atoms with Crippen LogP contribution < -0.4 is 11.1 Å². The molecule has 164 valence electrons. The van der Waals surface area contributed by atoms with E-state index in [1.807, 2.05) is 23.0 Å². The number of aryl methyl sites for hydroxylation is 1. The number of anilines is 2. The Labute approximate surface area is 177 Å². The summed E-state index contributed by atoms with van der Waals surface area (Å²) in [7, 11) is 0. The van der Waals surface area contributed by atoms with Gasteiger partial charge in [-0.25, -0.2) is 13.8 Å². The first-order valence-electron chi connectivity index (χ1n) is 10.3. The van der Waals surface area contributed by atoms with E-state index in [1.54, 1.807) is 6.92 Å². The molecule has 1 aliphatic carbocycles. The molecule has 3 aromatic heterocycles. The number of nitrogens with two attached hydrogens (primary N) is 1. The molecule has 9 nitrogen and oxygen atoms in total. The minimum atomic E-state index is -2.76. The number of aliphatic hydroxyl groups is 1. The lowest BCUT2D eigenvalue weighted by Gasteiger charge is -2.35. The first kappa shape index (κ1) is 21.0. The maximum absolute atomic E-state index is 13.3. The Morgan fingerprint density at radius 1 is 1.39 bits per heavy atom. The fraction of sp³-hybridized carbons (Fsp3) is 0.500. The second-order valence-electron chi connectivity index (χ2n) is 7.64. The van der Waals surface area contributed by atoms with Crippen molar-refractivity contribution in [2.45, 2.75) is 45.1 Å². The molecule has 0 radical (unpaired) electrons. The van der Waals surface area contributed by atoms with Gasteiger partial charge in [-0.3, -0.25) is 4.68 Å². The fourth-order valence-electron chi connectivity index (χ4n) is 4.00. The topological polar surface area (TPSA) is 130 Å². The molecule has 1 saturated carbocycles. The number of hydrogen-bond acceptors (Lipinski definition) is 7. The summed E-state index contributed by atoms with van der Waals surface area (Å²) in [5.74, 6) is 0.465. The van der Waals surface area contributed by atoms with Crippen molar-refractivity contribution >= 4 is 17.3 Å². The average Bonchev–Trinajstić information content (AvgIpc) is 3.32. The molecule has 0 amide bonds. The van der Waals surface area contributed by atoms with Crippen LogP contribution in [0.5, 0.6) is 0 Å². The van der Waals surface area contributed by atoms with Crippen molar-refractivity contribution in [2.24, 2.45) is 5.92 Å². The van der Waals surface area contributed by atoms with Crippen LogP contribution in [0, 0.1) is 17.2 Å². The molecule has 11 heteroatoms. The highest BCUT2D eigenvalue weighted by atomic mass is 19.3. The van der Waals surface area contributed by atoms with Crippen LogP contribution in [0.2, 0.25) is 0 Å². The highest BCUT2D eigenvalue weighted by Gasteiger charge is 2.32. The van der Waals surface area contributed by atoms with Crippen molar-refractivity contribution in [3.8, 4) is 6.07 Å². The van der Waals surface area contributed by atoms with Gasteiger partial charge in [-0.2, -0.15) is 20.0 Å². The maximum atomic E-state index is 13.3. The van der Waals surface area contributed by atoms with E-state index in [-0.39, 0.29) is 47.1 Å². The quantitative estimate of drug-likeness (QED) is 0.500. The van der Waals surface area contributed by atoms with Crippen LogP contribution >= 0.6 is 0 Å². The normalized spacial score (nSPS) is 18.3. The highest BCUT2D eigenvalue weighted by Crippen LogP contribution is 2.37. The van der Waals surface area contributed by atoms with Crippen molar-refractivity contribution < 1.29 is 13.9 Å². The van der Waals surface area contributed by atoms with Crippen LogP contribution in [0.25, 0.3) is 5.65 Å². The lowest BCUT2D eigenvalue weighted by Crippen LogP contribution is -2.31. The third kappa shape index (κ3) is 3.67. The summed E-state index contributed by atoms with van der Waals surface area (Å²) in [5.41, 5.74) is 7.14. The van der Waals surface area contributed by atoms with Gasteiger partial charge in [0.1, 0.15) is 29.0 Å². The Balaban J connectivity index is 1.53. The zero-order valence-corrected chi connectivity index (χ0v) is 17.1. The molecule has 0 bridgehead atoms. The molecule has 0 aromatic carbocycles. The molecule has 1 fully saturated rings. The van der Waals surface area contributed by atoms with Gasteiger partial charge in [0, 0.05) is 37.3 Å². The third-order valence-corrected chi connectivity index (χ3v) is 5.89. The second-order valence-corrected chi connectivity index (χ2v) is 7.64. The van der Waals surface area contributed by atoms with E-state index >= 15 is 0 Å². The Hall–Kier alpha value is -3.26. The number of halogens is 2. The van der Waals surface area contributed by atoms with E-state index in [4.69, 9.17) is 5.73 Å². The molecule has 4 rings (SSSR count). The first-order chi connectivity index (χ1) is 15.0. The number of hydrogen-bond donors (Lipinski definition) is 3. The summed E-state index contributed by atoms with van der Waals surface area (Å²) in [6.45, 7) is 2.33. The second kappa shape index (κ2) is 8.47. The van der Waals surface area contributed by atoms with Crippen LogP contribution in [0.4, 0.5) is 20.4 Å². The summed E-state index contributed by atoms with van der Waals surface area (Å²) in [4.78, 5) is 4.39. The Morgan fingerprint density at radius 2 is 2.19 bits per heavy atom. The summed E-state index contributed by atoms with van der Waals surface area (Å²) in [5, 5.41) is 30.4. The number of aromatic nitrogens is 5. The van der Waals surface area contributed by atoms with Crippen molar-refractivity contribution in [3.05, 3.63) is 34.8 Å². The van der Waals surface area contributed by atoms with E-state index in [2.05, 4.69) is 20.5 Å². The Morgan fingerprint density at radius 3 is 2.81 bits per heavy atom. The Kier molecular flexibility index (Phi) is 5.73. The largest absolute Gasteiger partial charge is 0.396 e. The summed E-state index contributed by atoms with van der Waals surface area (Å²) >= 11 is 0. The van der Waals surface area contributed by atoms with E-state index in [0.29, 0.717) is 24.9 Å². The first-order valence-corrected chi connectivity index (χ1v) is 10.3. The number of nitrogen functional groups attached to an aromatic ring is 1. The number of alkyl halides is 2. The number of nitriles is 1. The van der Waals surface area contributed by atoms with Gasteiger partial charge in [0.05, 0.1) is 11.7 Å².